The number of hydroxylamine groups is 1. The number of carbonyl (C=O) groups is 2. The monoisotopic (exact) mass is 497 g/mol. The number of benzene rings is 3. The van der Waals surface area contributed by atoms with Gasteiger partial charge in [0.1, 0.15) is 0 Å². The van der Waals surface area contributed by atoms with Crippen molar-refractivity contribution in [3.05, 3.63) is 88.4 Å². The number of halogens is 1. The second kappa shape index (κ2) is 9.99. The Labute approximate surface area is 203 Å². The molecule has 34 heavy (non-hydrogen) atoms. The summed E-state index contributed by atoms with van der Waals surface area (Å²) in [7, 11) is -1.52. The molecule has 7 nitrogen and oxygen atoms in total. The standard InChI is InChI=1S/C25H24ClN3O4S/c1-33-28-13-12-27-24(30)18-10-11-23-21(15-18)29(16-17-6-5-7-19(26)14-17)25(31)20-8-3-4-9-22(20)34(23,2)32/h3-11,14-15,28H,2,12-13,16H2,1H3,(H,27,30). The van der Waals surface area contributed by atoms with Crippen LogP contribution in [-0.2, 0) is 20.9 Å². The Kier molecular flexibility index (Phi) is 7.04. The summed E-state index contributed by atoms with van der Waals surface area (Å²) in [5.74, 6) is 3.36. The highest BCUT2D eigenvalue weighted by molar-refractivity contribution is 8.00. The zero-order valence-electron chi connectivity index (χ0n) is 18.5. The van der Waals surface area contributed by atoms with Gasteiger partial charge in [-0.2, -0.15) is 0 Å². The number of hydrogen-bond donors (Lipinski definition) is 2. The van der Waals surface area contributed by atoms with E-state index in [2.05, 4.69) is 16.7 Å². The summed E-state index contributed by atoms with van der Waals surface area (Å²) in [5, 5.41) is 3.33. The van der Waals surface area contributed by atoms with Gasteiger partial charge in [-0.3, -0.25) is 13.8 Å². The van der Waals surface area contributed by atoms with Gasteiger partial charge in [0.05, 0.1) is 29.8 Å². The molecular weight excluding hydrogens is 474 g/mol. The van der Waals surface area contributed by atoms with Crippen LogP contribution in [0.3, 0.4) is 0 Å². The van der Waals surface area contributed by atoms with Crippen molar-refractivity contribution in [1.29, 1.82) is 0 Å². The molecule has 1 unspecified atom stereocenters. The van der Waals surface area contributed by atoms with Gasteiger partial charge < -0.3 is 15.1 Å². The van der Waals surface area contributed by atoms with Crippen LogP contribution in [0.15, 0.2) is 76.5 Å². The molecule has 0 fully saturated rings. The number of nitrogens with one attached hydrogen (secondary N) is 2. The van der Waals surface area contributed by atoms with E-state index in [1.165, 1.54) is 12.0 Å². The SMILES string of the molecule is C=S1(=O)c2ccccc2C(=O)N(Cc2cccc(Cl)c2)c2cc(C(=O)NCCNOC)ccc21. The van der Waals surface area contributed by atoms with Crippen LogP contribution >= 0.6 is 11.6 Å². The Morgan fingerprint density at radius 2 is 1.85 bits per heavy atom. The van der Waals surface area contributed by atoms with E-state index >= 15 is 0 Å². The van der Waals surface area contributed by atoms with E-state index in [9.17, 15) is 13.8 Å². The Balaban J connectivity index is 1.82. The fraction of sp³-hybridized carbons (Fsp3) is 0.160. The molecular formula is C25H24ClN3O4S. The van der Waals surface area contributed by atoms with Gasteiger partial charge in [0.25, 0.3) is 11.8 Å². The molecule has 0 saturated heterocycles. The van der Waals surface area contributed by atoms with Crippen molar-refractivity contribution in [3.8, 4) is 0 Å². The molecule has 4 rings (SSSR count). The fourth-order valence-electron chi connectivity index (χ4n) is 3.86. The van der Waals surface area contributed by atoms with Crippen molar-refractivity contribution in [1.82, 2.24) is 10.8 Å². The molecule has 0 bridgehead atoms. The van der Waals surface area contributed by atoms with Gasteiger partial charge in [-0.25, -0.2) is 5.48 Å². The first-order valence-electron chi connectivity index (χ1n) is 10.5. The maximum absolute atomic E-state index is 14.0. The van der Waals surface area contributed by atoms with Gasteiger partial charge >= 0.3 is 0 Å². The maximum atomic E-state index is 14.0. The molecule has 1 aliphatic rings. The summed E-state index contributed by atoms with van der Waals surface area (Å²) < 4.78 is 14.0. The molecule has 2 N–H and O–H groups in total. The van der Waals surface area contributed by atoms with Gasteiger partial charge in [-0.05, 0) is 53.9 Å². The maximum Gasteiger partial charge on any atom is 0.259 e. The van der Waals surface area contributed by atoms with Crippen LogP contribution in [0, 0.1) is 0 Å². The summed E-state index contributed by atoms with van der Waals surface area (Å²) in [6.07, 6.45) is 0. The number of rotatable bonds is 7. The minimum atomic E-state index is -3.02. The Bertz CT molecular complexity index is 1360. The van der Waals surface area contributed by atoms with Crippen LogP contribution in [0.25, 0.3) is 0 Å². The fourth-order valence-corrected chi connectivity index (χ4v) is 5.91. The normalized spacial score (nSPS) is 17.0. The van der Waals surface area contributed by atoms with Crippen molar-refractivity contribution < 1.29 is 18.6 Å². The third-order valence-corrected chi connectivity index (χ3v) is 7.83. The molecule has 0 aliphatic carbocycles. The molecule has 0 saturated carbocycles. The first-order valence-corrected chi connectivity index (χ1v) is 12.6. The van der Waals surface area contributed by atoms with Crippen LogP contribution in [0.2, 0.25) is 5.02 Å². The van der Waals surface area contributed by atoms with E-state index in [4.69, 9.17) is 16.4 Å². The van der Waals surface area contributed by atoms with Crippen LogP contribution in [0.5, 0.6) is 0 Å². The van der Waals surface area contributed by atoms with Crippen molar-refractivity contribution in [2.24, 2.45) is 0 Å². The molecule has 1 atom stereocenters. The Morgan fingerprint density at radius 3 is 2.62 bits per heavy atom. The molecule has 9 heteroatoms. The predicted octanol–water partition coefficient (Wildman–Crippen LogP) is 3.52. The smallest absolute Gasteiger partial charge is 0.259 e. The molecule has 0 radical (unpaired) electrons. The highest BCUT2D eigenvalue weighted by Crippen LogP contribution is 2.38. The first-order chi connectivity index (χ1) is 16.3. The number of fused-ring (bicyclic) bond motifs is 2. The lowest BCUT2D eigenvalue weighted by Gasteiger charge is -2.24. The second-order valence-electron chi connectivity index (χ2n) is 7.73. The van der Waals surface area contributed by atoms with Crippen LogP contribution < -0.4 is 15.7 Å². The summed E-state index contributed by atoms with van der Waals surface area (Å²) in [6.45, 7) is 0.945. The van der Waals surface area contributed by atoms with E-state index in [0.29, 0.717) is 44.7 Å². The van der Waals surface area contributed by atoms with E-state index in [1.54, 1.807) is 60.7 Å². The van der Waals surface area contributed by atoms with E-state index < -0.39 is 9.52 Å². The van der Waals surface area contributed by atoms with Gasteiger partial charge in [0, 0.05) is 38.1 Å². The minimum absolute atomic E-state index is 0.180. The average Bonchev–Trinajstić information content (AvgIpc) is 2.90. The van der Waals surface area contributed by atoms with E-state index in [1.807, 2.05) is 6.07 Å². The van der Waals surface area contributed by atoms with Crippen molar-refractivity contribution in [3.63, 3.8) is 0 Å². The zero-order valence-corrected chi connectivity index (χ0v) is 20.1. The lowest BCUT2D eigenvalue weighted by molar-refractivity contribution is 0.0863. The number of carbonyl (C=O) groups excluding carboxylic acids is 2. The zero-order chi connectivity index (χ0) is 24.3. The second-order valence-corrected chi connectivity index (χ2v) is 10.4. The van der Waals surface area contributed by atoms with Gasteiger partial charge in [-0.1, -0.05) is 35.9 Å². The summed E-state index contributed by atoms with van der Waals surface area (Å²) in [4.78, 5) is 33.5. The van der Waals surface area contributed by atoms with E-state index in [0.717, 1.165) is 5.56 Å². The topological polar surface area (TPSA) is 87.7 Å². The third kappa shape index (κ3) is 4.71. The number of nitrogens with zero attached hydrogens (tertiary/aromatic N) is 1. The number of hydrogen-bond acceptors (Lipinski definition) is 5. The average molecular weight is 498 g/mol. The van der Waals surface area contributed by atoms with Crippen molar-refractivity contribution in [2.75, 3.05) is 25.1 Å². The van der Waals surface area contributed by atoms with Crippen LogP contribution in [0.1, 0.15) is 26.3 Å². The quantitative estimate of drug-likeness (QED) is 0.296. The molecule has 0 spiro atoms. The largest absolute Gasteiger partial charge is 0.351 e. The lowest BCUT2D eigenvalue weighted by atomic mass is 10.1. The Hall–Kier alpha value is -3.17. The molecule has 1 heterocycles. The molecule has 3 aromatic rings. The van der Waals surface area contributed by atoms with E-state index in [-0.39, 0.29) is 18.4 Å². The van der Waals surface area contributed by atoms with Crippen LogP contribution in [-0.4, -0.2) is 42.1 Å². The van der Waals surface area contributed by atoms with Gasteiger partial charge in [-0.15, -0.1) is 0 Å². The lowest BCUT2D eigenvalue weighted by Crippen LogP contribution is -2.32. The van der Waals surface area contributed by atoms with Gasteiger partial charge in [0.2, 0.25) is 0 Å². The summed E-state index contributed by atoms with van der Waals surface area (Å²) >= 11 is 6.17. The summed E-state index contributed by atoms with van der Waals surface area (Å²) in [5.41, 5.74) is 4.48. The predicted molar refractivity (Wildman–Crippen MR) is 134 cm³/mol. The molecule has 2 amide bonds. The van der Waals surface area contributed by atoms with Crippen molar-refractivity contribution >= 4 is 44.5 Å². The first kappa shape index (κ1) is 24.0. The minimum Gasteiger partial charge on any atom is -0.351 e. The van der Waals surface area contributed by atoms with Crippen molar-refractivity contribution in [2.45, 2.75) is 16.3 Å². The number of amides is 2. The molecule has 1 aliphatic heterocycles. The van der Waals surface area contributed by atoms with Crippen LogP contribution in [0.4, 0.5) is 5.69 Å². The Morgan fingerprint density at radius 1 is 1.06 bits per heavy atom. The summed E-state index contributed by atoms with van der Waals surface area (Å²) in [6, 6.07) is 18.8. The molecule has 3 aromatic carbocycles. The van der Waals surface area contributed by atoms with Gasteiger partial charge in [0.15, 0.2) is 0 Å². The molecule has 0 aromatic heterocycles. The molecule has 176 valence electrons. The highest BCUT2D eigenvalue weighted by Gasteiger charge is 2.33. The highest BCUT2D eigenvalue weighted by atomic mass is 35.5. The third-order valence-electron chi connectivity index (χ3n) is 5.47. The number of anilines is 1.